The van der Waals surface area contributed by atoms with Crippen LogP contribution in [0.15, 0.2) is 24.4 Å². The van der Waals surface area contributed by atoms with Gasteiger partial charge in [-0.2, -0.15) is 0 Å². The number of hydrogen-bond acceptors (Lipinski definition) is 2. The van der Waals surface area contributed by atoms with Gasteiger partial charge in [0.05, 0.1) is 5.69 Å². The van der Waals surface area contributed by atoms with Gasteiger partial charge in [0.25, 0.3) is 0 Å². The molecular formula is C12H18N2. The van der Waals surface area contributed by atoms with Crippen LogP contribution in [0, 0.1) is 5.92 Å². The lowest BCUT2D eigenvalue weighted by Crippen LogP contribution is -2.26. The third kappa shape index (κ3) is 2.55. The second kappa shape index (κ2) is 4.56. The van der Waals surface area contributed by atoms with Gasteiger partial charge in [0.15, 0.2) is 0 Å². The van der Waals surface area contributed by atoms with Crippen molar-refractivity contribution in [1.29, 1.82) is 0 Å². The highest BCUT2D eigenvalue weighted by Gasteiger charge is 2.20. The molecule has 1 aromatic heterocycles. The van der Waals surface area contributed by atoms with Crippen molar-refractivity contribution in [2.75, 3.05) is 0 Å². The normalized spacial score (nSPS) is 26.6. The lowest BCUT2D eigenvalue weighted by atomic mass is 10.1. The molecule has 0 unspecified atom stereocenters. The minimum Gasteiger partial charge on any atom is -0.308 e. The summed E-state index contributed by atoms with van der Waals surface area (Å²) in [7, 11) is 0. The topological polar surface area (TPSA) is 24.9 Å². The van der Waals surface area contributed by atoms with Gasteiger partial charge in [-0.3, -0.25) is 4.98 Å². The van der Waals surface area contributed by atoms with Crippen molar-refractivity contribution in [1.82, 2.24) is 10.3 Å². The number of nitrogens with one attached hydrogen (secondary N) is 1. The van der Waals surface area contributed by atoms with Crippen LogP contribution in [0.2, 0.25) is 0 Å². The largest absolute Gasteiger partial charge is 0.308 e. The molecule has 0 radical (unpaired) electrons. The molecule has 0 saturated heterocycles. The van der Waals surface area contributed by atoms with Gasteiger partial charge < -0.3 is 5.32 Å². The summed E-state index contributed by atoms with van der Waals surface area (Å²) >= 11 is 0. The van der Waals surface area contributed by atoms with E-state index in [1.165, 1.54) is 19.3 Å². The predicted octanol–water partition coefficient (Wildman–Crippen LogP) is 2.36. The molecule has 1 heterocycles. The van der Waals surface area contributed by atoms with Crippen molar-refractivity contribution in [2.24, 2.45) is 5.92 Å². The molecule has 2 nitrogen and oxygen atoms in total. The van der Waals surface area contributed by atoms with Gasteiger partial charge in [0.2, 0.25) is 0 Å². The van der Waals surface area contributed by atoms with E-state index in [1.54, 1.807) is 0 Å². The molecule has 1 N–H and O–H groups in total. The molecule has 0 aliphatic heterocycles. The zero-order valence-corrected chi connectivity index (χ0v) is 8.74. The summed E-state index contributed by atoms with van der Waals surface area (Å²) in [5, 5.41) is 3.57. The lowest BCUT2D eigenvalue weighted by Gasteiger charge is -2.11. The van der Waals surface area contributed by atoms with E-state index < -0.39 is 0 Å². The summed E-state index contributed by atoms with van der Waals surface area (Å²) < 4.78 is 0. The first-order valence-corrected chi connectivity index (χ1v) is 5.48. The first-order valence-electron chi connectivity index (χ1n) is 5.48. The van der Waals surface area contributed by atoms with Crippen LogP contribution in [0.4, 0.5) is 0 Å². The van der Waals surface area contributed by atoms with E-state index in [-0.39, 0.29) is 0 Å². The van der Waals surface area contributed by atoms with Gasteiger partial charge in [-0.05, 0) is 37.3 Å². The van der Waals surface area contributed by atoms with E-state index in [4.69, 9.17) is 0 Å². The Bertz CT molecular complexity index is 271. The lowest BCUT2D eigenvalue weighted by molar-refractivity contribution is 0.498. The van der Waals surface area contributed by atoms with Crippen LogP contribution in [0.1, 0.15) is 31.9 Å². The maximum atomic E-state index is 4.30. The van der Waals surface area contributed by atoms with Crippen LogP contribution in [-0.4, -0.2) is 11.0 Å². The third-order valence-corrected chi connectivity index (χ3v) is 2.99. The molecule has 14 heavy (non-hydrogen) atoms. The maximum absolute atomic E-state index is 4.30. The van der Waals surface area contributed by atoms with E-state index in [0.717, 1.165) is 18.2 Å². The fraction of sp³-hybridized carbons (Fsp3) is 0.583. The maximum Gasteiger partial charge on any atom is 0.0541 e. The first kappa shape index (κ1) is 9.66. The average Bonchev–Trinajstić information content (AvgIpc) is 2.63. The minimum absolute atomic E-state index is 0.715. The zero-order valence-electron chi connectivity index (χ0n) is 8.74. The average molecular weight is 190 g/mol. The van der Waals surface area contributed by atoms with E-state index in [0.29, 0.717) is 6.04 Å². The Morgan fingerprint density at radius 1 is 1.43 bits per heavy atom. The fourth-order valence-electron chi connectivity index (χ4n) is 2.14. The van der Waals surface area contributed by atoms with Gasteiger partial charge in [-0.15, -0.1) is 0 Å². The molecular weight excluding hydrogens is 172 g/mol. The van der Waals surface area contributed by atoms with Crippen molar-refractivity contribution in [2.45, 2.75) is 38.8 Å². The van der Waals surface area contributed by atoms with Crippen LogP contribution in [0.3, 0.4) is 0 Å². The van der Waals surface area contributed by atoms with Crippen LogP contribution < -0.4 is 5.32 Å². The van der Waals surface area contributed by atoms with Crippen molar-refractivity contribution in [3.63, 3.8) is 0 Å². The van der Waals surface area contributed by atoms with Crippen molar-refractivity contribution < 1.29 is 0 Å². The Morgan fingerprint density at radius 2 is 2.36 bits per heavy atom. The van der Waals surface area contributed by atoms with Crippen molar-refractivity contribution >= 4 is 0 Å². The molecule has 1 saturated carbocycles. The molecule has 2 atom stereocenters. The fourth-order valence-corrected chi connectivity index (χ4v) is 2.14. The quantitative estimate of drug-likeness (QED) is 0.791. The molecule has 1 aliphatic carbocycles. The monoisotopic (exact) mass is 190 g/mol. The van der Waals surface area contributed by atoms with E-state index in [9.17, 15) is 0 Å². The first-order chi connectivity index (χ1) is 6.84. The highest BCUT2D eigenvalue weighted by atomic mass is 14.9. The standard InChI is InChI=1S/C12H18N2/c1-10-5-6-11(8-10)14-9-12-4-2-3-7-13-12/h2-4,7,10-11,14H,5-6,8-9H2,1H3/t10-,11-/m1/s1. The van der Waals surface area contributed by atoms with Gasteiger partial charge in [-0.25, -0.2) is 0 Å². The van der Waals surface area contributed by atoms with Gasteiger partial charge in [0.1, 0.15) is 0 Å². The number of aromatic nitrogens is 1. The predicted molar refractivity (Wildman–Crippen MR) is 57.9 cm³/mol. The van der Waals surface area contributed by atoms with Gasteiger partial charge >= 0.3 is 0 Å². The molecule has 2 heteroatoms. The van der Waals surface area contributed by atoms with Crippen LogP contribution >= 0.6 is 0 Å². The Balaban J connectivity index is 1.78. The van der Waals surface area contributed by atoms with E-state index in [2.05, 4.69) is 23.3 Å². The van der Waals surface area contributed by atoms with Crippen LogP contribution in [0.25, 0.3) is 0 Å². The Kier molecular flexibility index (Phi) is 3.14. The number of nitrogens with zero attached hydrogens (tertiary/aromatic N) is 1. The van der Waals surface area contributed by atoms with Gasteiger partial charge in [0, 0.05) is 18.8 Å². The summed E-state index contributed by atoms with van der Waals surface area (Å²) in [6.45, 7) is 3.25. The Morgan fingerprint density at radius 3 is 3.00 bits per heavy atom. The van der Waals surface area contributed by atoms with E-state index in [1.807, 2.05) is 18.3 Å². The Hall–Kier alpha value is -0.890. The highest BCUT2D eigenvalue weighted by Crippen LogP contribution is 2.24. The Labute approximate surface area is 85.7 Å². The molecule has 76 valence electrons. The SMILES string of the molecule is C[C@@H]1CC[C@@H](NCc2ccccn2)C1. The summed E-state index contributed by atoms with van der Waals surface area (Å²) in [6.07, 6.45) is 5.88. The van der Waals surface area contributed by atoms with Gasteiger partial charge in [-0.1, -0.05) is 13.0 Å². The smallest absolute Gasteiger partial charge is 0.0541 e. The number of pyridine rings is 1. The van der Waals surface area contributed by atoms with Crippen molar-refractivity contribution in [3.05, 3.63) is 30.1 Å². The summed E-state index contributed by atoms with van der Waals surface area (Å²) in [6, 6.07) is 6.79. The molecule has 1 aromatic rings. The van der Waals surface area contributed by atoms with Crippen LogP contribution in [0.5, 0.6) is 0 Å². The molecule has 1 fully saturated rings. The molecule has 0 bridgehead atoms. The number of rotatable bonds is 3. The molecule has 2 rings (SSSR count). The van der Waals surface area contributed by atoms with Crippen molar-refractivity contribution in [3.8, 4) is 0 Å². The summed E-state index contributed by atoms with van der Waals surface area (Å²) in [5.74, 6) is 0.899. The molecule has 0 spiro atoms. The van der Waals surface area contributed by atoms with E-state index >= 15 is 0 Å². The third-order valence-electron chi connectivity index (χ3n) is 2.99. The summed E-state index contributed by atoms with van der Waals surface area (Å²) in [4.78, 5) is 4.30. The second-order valence-electron chi connectivity index (χ2n) is 4.32. The zero-order chi connectivity index (χ0) is 9.80. The minimum atomic E-state index is 0.715. The molecule has 0 aromatic carbocycles. The second-order valence-corrected chi connectivity index (χ2v) is 4.32. The number of hydrogen-bond donors (Lipinski definition) is 1. The molecule has 0 amide bonds. The molecule has 1 aliphatic rings. The summed E-state index contributed by atoms with van der Waals surface area (Å²) in [5.41, 5.74) is 1.15. The highest BCUT2D eigenvalue weighted by molar-refractivity contribution is 5.03. The van der Waals surface area contributed by atoms with Crippen LogP contribution in [-0.2, 0) is 6.54 Å².